The van der Waals surface area contributed by atoms with Gasteiger partial charge in [0.05, 0.1) is 44.8 Å². The molecule has 1 radical (unpaired) electrons. The van der Waals surface area contributed by atoms with Crippen molar-refractivity contribution >= 4 is 68.2 Å². The van der Waals surface area contributed by atoms with Gasteiger partial charge in [-0.25, -0.2) is 19.9 Å². The third kappa shape index (κ3) is 10.5. The van der Waals surface area contributed by atoms with Crippen LogP contribution in [0.1, 0.15) is 0 Å². The molecule has 0 aliphatic rings. The SMILES string of the molecule is Clc1nc(-c2ccccc2)cc(-c2ccccc2)n1.O.O[B]c1ccc(-n2c3ccccc3c3ccccc32)cc1.c1ccc(-c2cc(-c3ccccc3)nc(-c3ccc(-n4c5ccccc5c5ccccc54)cc3)n2)cc1. The summed E-state index contributed by atoms with van der Waals surface area (Å²) in [5, 5.41) is 14.4. The number of halogens is 1. The lowest BCUT2D eigenvalue weighted by atomic mass is 9.89. The summed E-state index contributed by atoms with van der Waals surface area (Å²) in [5.74, 6) is 0.717. The lowest BCUT2D eigenvalue weighted by molar-refractivity contribution is 0.615. The minimum atomic E-state index is 0. The van der Waals surface area contributed by atoms with Gasteiger partial charge in [-0.2, -0.15) is 0 Å². The Morgan fingerprint density at radius 1 is 0.308 bits per heavy atom. The number of rotatable bonds is 8. The zero-order valence-corrected chi connectivity index (χ0v) is 42.9. The van der Waals surface area contributed by atoms with E-state index in [4.69, 9.17) is 26.6 Å². The first-order valence-corrected chi connectivity index (χ1v) is 25.7. The Morgan fingerprint density at radius 3 is 0.910 bits per heavy atom. The van der Waals surface area contributed by atoms with Crippen LogP contribution in [0.5, 0.6) is 0 Å². The number of benzene rings is 10. The van der Waals surface area contributed by atoms with Gasteiger partial charge in [0.25, 0.3) is 0 Å². The fraction of sp³-hybridized carbons (Fsp3) is 0. The van der Waals surface area contributed by atoms with Crippen molar-refractivity contribution in [2.24, 2.45) is 0 Å². The summed E-state index contributed by atoms with van der Waals surface area (Å²) in [4.78, 5) is 18.5. The van der Waals surface area contributed by atoms with Crippen LogP contribution in [0.3, 0.4) is 0 Å². The average molecular weight is 1030 g/mol. The Bertz CT molecular complexity index is 4090. The summed E-state index contributed by atoms with van der Waals surface area (Å²) >= 11 is 6.03. The normalized spacial score (nSPS) is 10.8. The van der Waals surface area contributed by atoms with Crippen molar-refractivity contribution in [3.63, 3.8) is 0 Å². The van der Waals surface area contributed by atoms with E-state index in [-0.39, 0.29) is 10.8 Å². The standard InChI is InChI=1S/C34H23N3.C18H13BNO.C16H11ClN2.H2O/c1-3-11-24(12-4-1)30-23-31(25-13-5-2-6-14-25)36-34(35-30)26-19-21-27(22-20-26)37-32-17-9-7-15-28(32)29-16-8-10-18-33(29)37;21-19-13-9-11-14(12-10-13)20-17-7-3-1-5-15(17)16-6-2-4-8-18(16)20;17-16-18-14(12-7-3-1-4-8-12)11-15(19-16)13-9-5-2-6-10-13;/h1-23H;1-12,21H;1-11H;1H2. The van der Waals surface area contributed by atoms with Gasteiger partial charge in [-0.3, -0.25) is 0 Å². The molecule has 4 aromatic heterocycles. The van der Waals surface area contributed by atoms with E-state index >= 15 is 0 Å². The number of para-hydroxylation sites is 4. The van der Waals surface area contributed by atoms with Crippen LogP contribution in [0, 0.1) is 0 Å². The van der Waals surface area contributed by atoms with Gasteiger partial charge in [0.1, 0.15) is 0 Å². The predicted molar refractivity (Wildman–Crippen MR) is 323 cm³/mol. The fourth-order valence-electron chi connectivity index (χ4n) is 9.89. The zero-order valence-electron chi connectivity index (χ0n) is 42.1. The second-order valence-corrected chi connectivity index (χ2v) is 18.7. The minimum Gasteiger partial charge on any atom is -0.450 e. The smallest absolute Gasteiger partial charge is 0.326 e. The number of hydrogen-bond donors (Lipinski definition) is 1. The topological polar surface area (TPSA) is 113 Å². The van der Waals surface area contributed by atoms with Crippen LogP contribution >= 0.6 is 11.6 Å². The molecule has 0 bridgehead atoms. The zero-order chi connectivity index (χ0) is 51.9. The third-order valence-corrected chi connectivity index (χ3v) is 13.7. The third-order valence-electron chi connectivity index (χ3n) is 13.5. The van der Waals surface area contributed by atoms with Crippen LogP contribution < -0.4 is 5.46 Å². The number of aromatic nitrogens is 6. The van der Waals surface area contributed by atoms with E-state index in [1.165, 1.54) is 43.6 Å². The average Bonchev–Trinajstić information content (AvgIpc) is 4.11. The summed E-state index contributed by atoms with van der Waals surface area (Å²) in [6.45, 7) is 0. The van der Waals surface area contributed by atoms with Gasteiger partial charge in [0, 0.05) is 60.7 Å². The van der Waals surface area contributed by atoms with Crippen LogP contribution in [0.15, 0.2) is 279 Å². The summed E-state index contributed by atoms with van der Waals surface area (Å²) in [6.07, 6.45) is 0. The Morgan fingerprint density at radius 2 is 0.590 bits per heavy atom. The first kappa shape index (κ1) is 50.4. The van der Waals surface area contributed by atoms with Gasteiger partial charge in [-0.1, -0.05) is 212 Å². The van der Waals surface area contributed by atoms with E-state index in [0.717, 1.165) is 74.9 Å². The maximum Gasteiger partial charge on any atom is 0.326 e. The van der Waals surface area contributed by atoms with E-state index < -0.39 is 0 Å². The van der Waals surface area contributed by atoms with Crippen LogP contribution in [-0.2, 0) is 0 Å². The largest absolute Gasteiger partial charge is 0.450 e. The molecule has 0 aliphatic heterocycles. The predicted octanol–water partition coefficient (Wildman–Crippen LogP) is 15.2. The summed E-state index contributed by atoms with van der Waals surface area (Å²) in [5.41, 5.74) is 16.5. The molecule has 14 aromatic rings. The molecule has 4 heterocycles. The summed E-state index contributed by atoms with van der Waals surface area (Å²) in [6, 6.07) is 95.0. The van der Waals surface area contributed by atoms with E-state index in [9.17, 15) is 0 Å². The van der Waals surface area contributed by atoms with E-state index in [1.807, 2.05) is 127 Å². The molecule has 3 N–H and O–H groups in total. The molecule has 0 aliphatic carbocycles. The molecule has 0 fully saturated rings. The maximum atomic E-state index is 9.07. The van der Waals surface area contributed by atoms with Crippen molar-refractivity contribution in [1.82, 2.24) is 29.1 Å². The highest BCUT2D eigenvalue weighted by atomic mass is 35.5. The van der Waals surface area contributed by atoms with Crippen molar-refractivity contribution in [2.75, 3.05) is 0 Å². The Labute approximate surface area is 457 Å². The lowest BCUT2D eigenvalue weighted by Gasteiger charge is -2.11. The van der Waals surface area contributed by atoms with Gasteiger partial charge >= 0.3 is 7.48 Å². The highest BCUT2D eigenvalue weighted by molar-refractivity contribution is 6.45. The molecular formula is C68H49BClN6O2. The van der Waals surface area contributed by atoms with Crippen LogP contribution in [0.25, 0.3) is 111 Å². The molecule has 0 spiro atoms. The second kappa shape index (κ2) is 23.0. The van der Waals surface area contributed by atoms with Gasteiger partial charge < -0.3 is 19.6 Å². The Kier molecular flexibility index (Phi) is 14.9. The highest BCUT2D eigenvalue weighted by Gasteiger charge is 2.15. The number of nitrogens with zero attached hydrogens (tertiary/aromatic N) is 6. The second-order valence-electron chi connectivity index (χ2n) is 18.3. The lowest BCUT2D eigenvalue weighted by Crippen LogP contribution is -2.12. The molecule has 8 nitrogen and oxygen atoms in total. The molecule has 0 saturated carbocycles. The summed E-state index contributed by atoms with van der Waals surface area (Å²) < 4.78 is 4.58. The van der Waals surface area contributed by atoms with E-state index in [0.29, 0.717) is 5.82 Å². The molecule has 78 heavy (non-hydrogen) atoms. The van der Waals surface area contributed by atoms with E-state index in [2.05, 4.69) is 171 Å². The van der Waals surface area contributed by atoms with Crippen molar-refractivity contribution < 1.29 is 10.5 Å². The minimum absolute atomic E-state index is 0. The van der Waals surface area contributed by atoms with Crippen LogP contribution in [0.2, 0.25) is 5.28 Å². The number of hydrogen-bond acceptors (Lipinski definition) is 5. The maximum absolute atomic E-state index is 9.07. The molecule has 373 valence electrons. The molecule has 10 aromatic carbocycles. The fourth-order valence-corrected chi connectivity index (χ4v) is 10.1. The van der Waals surface area contributed by atoms with Crippen molar-refractivity contribution in [3.8, 4) is 67.8 Å². The highest BCUT2D eigenvalue weighted by Crippen LogP contribution is 2.35. The van der Waals surface area contributed by atoms with Crippen molar-refractivity contribution in [3.05, 3.63) is 284 Å². The van der Waals surface area contributed by atoms with Crippen molar-refractivity contribution in [2.45, 2.75) is 0 Å². The Hall–Kier alpha value is -9.77. The quantitative estimate of drug-likeness (QED) is 0.120. The first-order chi connectivity index (χ1) is 38.1. The molecule has 10 heteroatoms. The van der Waals surface area contributed by atoms with Crippen molar-refractivity contribution in [1.29, 1.82) is 0 Å². The van der Waals surface area contributed by atoms with E-state index in [1.54, 1.807) is 0 Å². The molecule has 0 unspecified atom stereocenters. The Balaban J connectivity index is 0.000000134. The monoisotopic (exact) mass is 1030 g/mol. The summed E-state index contributed by atoms with van der Waals surface area (Å²) in [7, 11) is 1.12. The molecule has 0 amide bonds. The van der Waals surface area contributed by atoms with Gasteiger partial charge in [-0.05, 0) is 84.4 Å². The first-order valence-electron chi connectivity index (χ1n) is 25.4. The molecule has 14 rings (SSSR count). The van der Waals surface area contributed by atoms with Gasteiger partial charge in [-0.15, -0.1) is 0 Å². The molecular weight excluding hydrogens is 979 g/mol. The molecule has 0 saturated heterocycles. The van der Waals surface area contributed by atoms with Crippen LogP contribution in [-0.4, -0.2) is 47.1 Å². The number of fused-ring (bicyclic) bond motifs is 6. The van der Waals surface area contributed by atoms with Crippen LogP contribution in [0.4, 0.5) is 0 Å². The van der Waals surface area contributed by atoms with Gasteiger partial charge in [0.2, 0.25) is 5.28 Å². The molecule has 0 atom stereocenters. The van der Waals surface area contributed by atoms with Gasteiger partial charge in [0.15, 0.2) is 5.82 Å².